The van der Waals surface area contributed by atoms with Crippen LogP contribution in [0.1, 0.15) is 5.56 Å². The molecule has 3 N–H and O–H groups in total. The maximum Gasteiger partial charge on any atom is 0.264 e. The van der Waals surface area contributed by atoms with Crippen molar-refractivity contribution in [1.82, 2.24) is 0 Å². The quantitative estimate of drug-likeness (QED) is 0.848. The molecule has 2 aromatic carbocycles. The lowest BCUT2D eigenvalue weighted by molar-refractivity contribution is 0.571. The normalized spacial score (nSPS) is 11.3. The van der Waals surface area contributed by atoms with Crippen molar-refractivity contribution in [3.63, 3.8) is 0 Å². The minimum absolute atomic E-state index is 0.173. The highest BCUT2D eigenvalue weighted by atomic mass is 32.2. The van der Waals surface area contributed by atoms with Gasteiger partial charge in [-0.1, -0.05) is 17.7 Å². The third kappa shape index (κ3) is 3.03. The lowest BCUT2D eigenvalue weighted by atomic mass is 10.2. The molecule has 0 amide bonds. The van der Waals surface area contributed by atoms with Gasteiger partial charge in [-0.3, -0.25) is 4.72 Å². The minimum Gasteiger partial charge on any atom is -0.399 e. The number of anilines is 2. The number of aryl methyl sites for hydroxylation is 1. The summed E-state index contributed by atoms with van der Waals surface area (Å²) in [6.45, 7) is 1.89. The average Bonchev–Trinajstić information content (AvgIpc) is 2.31. The van der Waals surface area contributed by atoms with Crippen LogP contribution < -0.4 is 10.5 Å². The van der Waals surface area contributed by atoms with E-state index in [-0.39, 0.29) is 5.69 Å². The molecule has 0 aliphatic rings. The summed E-state index contributed by atoms with van der Waals surface area (Å²) in [5.41, 5.74) is 6.94. The Morgan fingerprint density at radius 1 is 1.11 bits per heavy atom. The van der Waals surface area contributed by atoms with Gasteiger partial charge in [-0.15, -0.1) is 0 Å². The van der Waals surface area contributed by atoms with Crippen LogP contribution in [0.5, 0.6) is 0 Å². The van der Waals surface area contributed by atoms with Crippen LogP contribution in [0.3, 0.4) is 0 Å². The summed E-state index contributed by atoms with van der Waals surface area (Å²) in [5.74, 6) is -0.875. The van der Waals surface area contributed by atoms with Crippen molar-refractivity contribution in [2.45, 2.75) is 11.8 Å². The van der Waals surface area contributed by atoms with Crippen LogP contribution in [0.2, 0.25) is 0 Å². The number of nitrogens with one attached hydrogen (secondary N) is 1. The summed E-state index contributed by atoms with van der Waals surface area (Å²) in [6.07, 6.45) is 0. The molecule has 2 aromatic rings. The molecule has 0 fully saturated rings. The Morgan fingerprint density at radius 2 is 1.74 bits per heavy atom. The van der Waals surface area contributed by atoms with Crippen molar-refractivity contribution in [3.8, 4) is 0 Å². The Balaban J connectivity index is 2.35. The van der Waals surface area contributed by atoms with Gasteiger partial charge in [0.1, 0.15) is 10.7 Å². The smallest absolute Gasteiger partial charge is 0.264 e. The summed E-state index contributed by atoms with van der Waals surface area (Å²) >= 11 is 0. The molecule has 2 rings (SSSR count). The van der Waals surface area contributed by atoms with Crippen LogP contribution in [-0.2, 0) is 10.0 Å². The average molecular weight is 280 g/mol. The van der Waals surface area contributed by atoms with E-state index in [9.17, 15) is 12.8 Å². The van der Waals surface area contributed by atoms with Crippen molar-refractivity contribution in [3.05, 3.63) is 53.8 Å². The molecule has 0 atom stereocenters. The molecule has 19 heavy (non-hydrogen) atoms. The van der Waals surface area contributed by atoms with Crippen molar-refractivity contribution >= 4 is 21.4 Å². The van der Waals surface area contributed by atoms with E-state index in [1.807, 2.05) is 6.92 Å². The van der Waals surface area contributed by atoms with E-state index in [2.05, 4.69) is 4.72 Å². The van der Waals surface area contributed by atoms with Gasteiger partial charge in [0.15, 0.2) is 0 Å². The zero-order valence-electron chi connectivity index (χ0n) is 10.2. The third-order valence-electron chi connectivity index (χ3n) is 2.55. The van der Waals surface area contributed by atoms with Gasteiger partial charge in [0.05, 0.1) is 0 Å². The van der Waals surface area contributed by atoms with Crippen LogP contribution >= 0.6 is 0 Å². The molecule has 0 radical (unpaired) electrons. The maximum atomic E-state index is 13.6. The fourth-order valence-electron chi connectivity index (χ4n) is 1.57. The predicted molar refractivity (Wildman–Crippen MR) is 72.8 cm³/mol. The highest BCUT2D eigenvalue weighted by Crippen LogP contribution is 2.20. The number of hydrogen-bond acceptors (Lipinski definition) is 3. The van der Waals surface area contributed by atoms with E-state index in [1.54, 1.807) is 24.3 Å². The molecule has 6 heteroatoms. The van der Waals surface area contributed by atoms with Crippen molar-refractivity contribution in [2.24, 2.45) is 0 Å². The predicted octanol–water partition coefficient (Wildman–Crippen LogP) is 2.52. The molecule has 0 aliphatic heterocycles. The molecular formula is C13H13FN2O2S. The Labute approximate surface area is 111 Å². The van der Waals surface area contributed by atoms with Crippen molar-refractivity contribution in [2.75, 3.05) is 10.5 Å². The zero-order valence-corrected chi connectivity index (χ0v) is 11.0. The number of hydrogen-bond donors (Lipinski definition) is 2. The third-order valence-corrected chi connectivity index (χ3v) is 3.96. The second-order valence-electron chi connectivity index (χ2n) is 4.16. The molecule has 0 aromatic heterocycles. The van der Waals surface area contributed by atoms with E-state index < -0.39 is 20.7 Å². The van der Waals surface area contributed by atoms with Gasteiger partial charge in [-0.2, -0.15) is 0 Å². The second kappa shape index (κ2) is 4.89. The Bertz CT molecular complexity index is 697. The van der Waals surface area contributed by atoms with E-state index in [1.165, 1.54) is 6.07 Å². The van der Waals surface area contributed by atoms with Gasteiger partial charge in [0.25, 0.3) is 10.0 Å². The first kappa shape index (κ1) is 13.4. The Hall–Kier alpha value is -2.08. The number of halogens is 1. The van der Waals surface area contributed by atoms with Crippen LogP contribution in [0.25, 0.3) is 0 Å². The topological polar surface area (TPSA) is 72.2 Å². The maximum absolute atomic E-state index is 13.6. The second-order valence-corrected chi connectivity index (χ2v) is 5.81. The molecule has 0 spiro atoms. The first-order valence-corrected chi connectivity index (χ1v) is 7.01. The number of rotatable bonds is 3. The van der Waals surface area contributed by atoms with Crippen molar-refractivity contribution < 1.29 is 12.8 Å². The molecular weight excluding hydrogens is 267 g/mol. The summed E-state index contributed by atoms with van der Waals surface area (Å²) in [4.78, 5) is -0.428. The minimum atomic E-state index is -3.95. The molecule has 0 aliphatic carbocycles. The van der Waals surface area contributed by atoms with E-state index in [4.69, 9.17) is 5.73 Å². The van der Waals surface area contributed by atoms with Gasteiger partial charge in [-0.25, -0.2) is 12.8 Å². The van der Waals surface area contributed by atoms with E-state index >= 15 is 0 Å². The van der Waals surface area contributed by atoms with E-state index in [0.29, 0.717) is 5.69 Å². The zero-order chi connectivity index (χ0) is 14.0. The number of nitrogen functional groups attached to an aromatic ring is 1. The first-order chi connectivity index (χ1) is 8.88. The van der Waals surface area contributed by atoms with Gasteiger partial charge < -0.3 is 5.73 Å². The summed E-state index contributed by atoms with van der Waals surface area (Å²) in [5, 5.41) is 0. The molecule has 0 unspecified atom stereocenters. The number of sulfonamides is 1. The number of benzene rings is 2. The largest absolute Gasteiger partial charge is 0.399 e. The fraction of sp³-hybridized carbons (Fsp3) is 0.0769. The van der Waals surface area contributed by atoms with Crippen LogP contribution in [0.15, 0.2) is 47.4 Å². The molecule has 100 valence electrons. The van der Waals surface area contributed by atoms with Gasteiger partial charge in [0.2, 0.25) is 0 Å². The van der Waals surface area contributed by atoms with Gasteiger partial charge in [-0.05, 0) is 37.3 Å². The monoisotopic (exact) mass is 280 g/mol. The summed E-state index contributed by atoms with van der Waals surface area (Å²) in [6, 6.07) is 10.2. The molecule has 0 heterocycles. The lowest BCUT2D eigenvalue weighted by Crippen LogP contribution is -2.14. The Kier molecular flexibility index (Phi) is 3.44. The summed E-state index contributed by atoms with van der Waals surface area (Å²) < 4.78 is 40.0. The van der Waals surface area contributed by atoms with E-state index in [0.717, 1.165) is 17.7 Å². The highest BCUT2D eigenvalue weighted by molar-refractivity contribution is 7.92. The van der Waals surface area contributed by atoms with Crippen LogP contribution in [0, 0.1) is 12.7 Å². The fourth-order valence-corrected chi connectivity index (χ4v) is 2.69. The van der Waals surface area contributed by atoms with Gasteiger partial charge >= 0.3 is 0 Å². The molecule has 0 saturated carbocycles. The van der Waals surface area contributed by atoms with Crippen LogP contribution in [0.4, 0.5) is 15.8 Å². The number of nitrogens with two attached hydrogens (primary N) is 1. The Morgan fingerprint density at radius 3 is 2.32 bits per heavy atom. The lowest BCUT2D eigenvalue weighted by Gasteiger charge is -2.09. The molecule has 4 nitrogen and oxygen atoms in total. The molecule has 0 bridgehead atoms. The van der Waals surface area contributed by atoms with Crippen LogP contribution in [-0.4, -0.2) is 8.42 Å². The van der Waals surface area contributed by atoms with Crippen molar-refractivity contribution in [1.29, 1.82) is 0 Å². The molecule has 0 saturated heterocycles. The standard InChI is InChI=1S/C13H13FN2O2S/c1-9-2-5-11(6-3-9)16-19(17,18)13-7-4-10(15)8-12(13)14/h2-8,16H,15H2,1H3. The highest BCUT2D eigenvalue weighted by Gasteiger charge is 2.19. The summed E-state index contributed by atoms with van der Waals surface area (Å²) in [7, 11) is -3.95. The first-order valence-electron chi connectivity index (χ1n) is 5.53. The SMILES string of the molecule is Cc1ccc(NS(=O)(=O)c2ccc(N)cc2F)cc1. The van der Waals surface area contributed by atoms with Gasteiger partial charge in [0, 0.05) is 11.4 Å².